The van der Waals surface area contributed by atoms with Crippen LogP contribution in [0.5, 0.6) is 5.75 Å². The van der Waals surface area contributed by atoms with Crippen molar-refractivity contribution in [1.29, 1.82) is 0 Å². The van der Waals surface area contributed by atoms with Crippen LogP contribution in [0.2, 0.25) is 0 Å². The third-order valence-corrected chi connectivity index (χ3v) is 3.39. The van der Waals surface area contributed by atoms with E-state index in [0.717, 1.165) is 17.7 Å². The summed E-state index contributed by atoms with van der Waals surface area (Å²) in [5.74, 6) is 0.364. The quantitative estimate of drug-likeness (QED) is 0.784. The summed E-state index contributed by atoms with van der Waals surface area (Å²) < 4.78 is 42.9. The molecule has 0 saturated carbocycles. The number of benzene rings is 2. The van der Waals surface area contributed by atoms with Gasteiger partial charge in [0.2, 0.25) is 5.91 Å². The Labute approximate surface area is 144 Å². The maximum atomic E-state index is 12.5. The van der Waals surface area contributed by atoms with Crippen molar-refractivity contribution < 1.29 is 22.7 Å². The summed E-state index contributed by atoms with van der Waals surface area (Å²) in [5.41, 5.74) is 0.639. The first kappa shape index (κ1) is 18.6. The number of hydrogen-bond acceptors (Lipinski definition) is 2. The normalized spacial score (nSPS) is 11.5. The van der Waals surface area contributed by atoms with Crippen molar-refractivity contribution >= 4 is 12.0 Å². The number of nitrogens with one attached hydrogen (secondary N) is 1. The van der Waals surface area contributed by atoms with Gasteiger partial charge < -0.3 is 10.1 Å². The molecular weight excluding hydrogens is 331 g/mol. The van der Waals surface area contributed by atoms with E-state index in [2.05, 4.69) is 5.32 Å². The Kier molecular flexibility index (Phi) is 6.22. The van der Waals surface area contributed by atoms with Gasteiger partial charge in [-0.05, 0) is 36.8 Å². The lowest BCUT2D eigenvalue weighted by Crippen LogP contribution is -2.20. The fraction of sp³-hybridized carbons (Fsp3) is 0.211. The molecule has 6 heteroatoms. The number of alkyl halides is 3. The van der Waals surface area contributed by atoms with Crippen molar-refractivity contribution in [1.82, 2.24) is 5.32 Å². The molecule has 0 unspecified atom stereocenters. The summed E-state index contributed by atoms with van der Waals surface area (Å²) in [4.78, 5) is 11.9. The second kappa shape index (κ2) is 8.37. The molecule has 1 amide bonds. The molecule has 3 nitrogen and oxygen atoms in total. The van der Waals surface area contributed by atoms with E-state index >= 15 is 0 Å². The minimum atomic E-state index is -4.37. The maximum absolute atomic E-state index is 12.5. The summed E-state index contributed by atoms with van der Waals surface area (Å²) in [7, 11) is 0. The summed E-state index contributed by atoms with van der Waals surface area (Å²) in [5, 5.41) is 2.72. The van der Waals surface area contributed by atoms with Gasteiger partial charge in [0, 0.05) is 18.2 Å². The largest absolute Gasteiger partial charge is 0.494 e. The van der Waals surface area contributed by atoms with E-state index in [1.165, 1.54) is 24.3 Å². The second-order valence-electron chi connectivity index (χ2n) is 5.21. The zero-order valence-electron chi connectivity index (χ0n) is 13.6. The van der Waals surface area contributed by atoms with E-state index in [9.17, 15) is 18.0 Å². The average molecular weight is 349 g/mol. The first-order valence-corrected chi connectivity index (χ1v) is 7.74. The minimum absolute atomic E-state index is 0.298. The van der Waals surface area contributed by atoms with Crippen molar-refractivity contribution in [2.24, 2.45) is 0 Å². The van der Waals surface area contributed by atoms with Gasteiger partial charge >= 0.3 is 6.18 Å². The molecule has 0 aromatic heterocycles. The number of rotatable bonds is 6. The molecule has 0 radical (unpaired) electrons. The first-order chi connectivity index (χ1) is 11.9. The highest BCUT2D eigenvalue weighted by Crippen LogP contribution is 2.29. The summed E-state index contributed by atoms with van der Waals surface area (Å²) >= 11 is 0. The highest BCUT2D eigenvalue weighted by molar-refractivity contribution is 5.91. The van der Waals surface area contributed by atoms with Crippen LogP contribution in [-0.2, 0) is 17.5 Å². The Morgan fingerprint density at radius 3 is 2.44 bits per heavy atom. The Morgan fingerprint density at radius 1 is 1.12 bits per heavy atom. The van der Waals surface area contributed by atoms with E-state index < -0.39 is 11.7 Å². The van der Waals surface area contributed by atoms with Crippen LogP contribution < -0.4 is 10.1 Å². The summed E-state index contributed by atoms with van der Waals surface area (Å²) in [6.07, 6.45) is -1.62. The molecule has 0 aliphatic carbocycles. The smallest absolute Gasteiger partial charge is 0.416 e. The number of carbonyl (C=O) groups is 1. The standard InChI is InChI=1S/C19H18F3NO2/c1-2-25-17-6-4-3-5-15(17)13-23-18(24)12-9-14-7-10-16(11-8-14)19(20,21)22/h3-12H,2,13H2,1H3,(H,23,24). The van der Waals surface area contributed by atoms with Crippen molar-refractivity contribution in [3.63, 3.8) is 0 Å². The SMILES string of the molecule is CCOc1ccccc1CNC(=O)C=Cc1ccc(C(F)(F)F)cc1. The summed E-state index contributed by atoms with van der Waals surface area (Å²) in [6.45, 7) is 2.70. The topological polar surface area (TPSA) is 38.3 Å². The molecule has 0 saturated heterocycles. The molecule has 2 aromatic carbocycles. The Bertz CT molecular complexity index is 737. The van der Waals surface area contributed by atoms with E-state index in [1.54, 1.807) is 0 Å². The monoisotopic (exact) mass is 349 g/mol. The second-order valence-corrected chi connectivity index (χ2v) is 5.21. The predicted octanol–water partition coefficient (Wildman–Crippen LogP) is 4.43. The maximum Gasteiger partial charge on any atom is 0.416 e. The Morgan fingerprint density at radius 2 is 1.80 bits per heavy atom. The lowest BCUT2D eigenvalue weighted by Gasteiger charge is -2.10. The molecule has 0 aliphatic heterocycles. The van der Waals surface area contributed by atoms with E-state index in [-0.39, 0.29) is 5.91 Å². The molecule has 0 aliphatic rings. The molecule has 0 heterocycles. The molecule has 0 fully saturated rings. The van der Waals surface area contributed by atoms with E-state index in [1.807, 2.05) is 31.2 Å². The van der Waals surface area contributed by atoms with Crippen LogP contribution in [0.15, 0.2) is 54.6 Å². The molecule has 2 rings (SSSR count). The van der Waals surface area contributed by atoms with Gasteiger partial charge in [0.1, 0.15) is 5.75 Å². The van der Waals surface area contributed by atoms with Crippen LogP contribution in [0.25, 0.3) is 6.08 Å². The number of ether oxygens (including phenoxy) is 1. The minimum Gasteiger partial charge on any atom is -0.494 e. The van der Waals surface area contributed by atoms with Crippen LogP contribution in [0, 0.1) is 0 Å². The van der Waals surface area contributed by atoms with Gasteiger partial charge in [-0.25, -0.2) is 0 Å². The Hall–Kier alpha value is -2.76. The van der Waals surface area contributed by atoms with Crippen LogP contribution in [0.3, 0.4) is 0 Å². The zero-order chi connectivity index (χ0) is 18.3. The number of para-hydroxylation sites is 1. The van der Waals surface area contributed by atoms with Crippen LogP contribution in [0.1, 0.15) is 23.6 Å². The lowest BCUT2D eigenvalue weighted by atomic mass is 10.1. The zero-order valence-corrected chi connectivity index (χ0v) is 13.6. The number of hydrogen-bond donors (Lipinski definition) is 1. The van der Waals surface area contributed by atoms with Gasteiger partial charge in [0.25, 0.3) is 0 Å². The number of carbonyl (C=O) groups excluding carboxylic acids is 1. The molecule has 0 bridgehead atoms. The van der Waals surface area contributed by atoms with Gasteiger partial charge in [0.15, 0.2) is 0 Å². The van der Waals surface area contributed by atoms with Crippen molar-refractivity contribution in [3.05, 3.63) is 71.3 Å². The average Bonchev–Trinajstić information content (AvgIpc) is 2.59. The summed E-state index contributed by atoms with van der Waals surface area (Å²) in [6, 6.07) is 12.0. The van der Waals surface area contributed by atoms with Crippen LogP contribution in [0.4, 0.5) is 13.2 Å². The van der Waals surface area contributed by atoms with Crippen LogP contribution >= 0.6 is 0 Å². The van der Waals surface area contributed by atoms with Gasteiger partial charge in [-0.3, -0.25) is 4.79 Å². The fourth-order valence-electron chi connectivity index (χ4n) is 2.14. The van der Waals surface area contributed by atoms with Gasteiger partial charge in [-0.15, -0.1) is 0 Å². The third-order valence-electron chi connectivity index (χ3n) is 3.39. The molecule has 0 atom stereocenters. The van der Waals surface area contributed by atoms with Crippen molar-refractivity contribution in [2.75, 3.05) is 6.61 Å². The highest BCUT2D eigenvalue weighted by atomic mass is 19.4. The van der Waals surface area contributed by atoms with Crippen molar-refractivity contribution in [3.8, 4) is 5.75 Å². The predicted molar refractivity (Wildman–Crippen MR) is 89.9 cm³/mol. The molecule has 132 valence electrons. The van der Waals surface area contributed by atoms with Gasteiger partial charge in [0.05, 0.1) is 12.2 Å². The third kappa shape index (κ3) is 5.67. The molecule has 2 aromatic rings. The lowest BCUT2D eigenvalue weighted by molar-refractivity contribution is -0.137. The van der Waals surface area contributed by atoms with E-state index in [0.29, 0.717) is 24.5 Å². The van der Waals surface area contributed by atoms with Crippen molar-refractivity contribution in [2.45, 2.75) is 19.6 Å². The molecule has 0 spiro atoms. The van der Waals surface area contributed by atoms with Crippen LogP contribution in [-0.4, -0.2) is 12.5 Å². The van der Waals surface area contributed by atoms with Gasteiger partial charge in [-0.2, -0.15) is 13.2 Å². The Balaban J connectivity index is 1.93. The molecular formula is C19H18F3NO2. The van der Waals surface area contributed by atoms with E-state index in [4.69, 9.17) is 4.74 Å². The van der Waals surface area contributed by atoms with Gasteiger partial charge in [-0.1, -0.05) is 30.3 Å². The first-order valence-electron chi connectivity index (χ1n) is 7.74. The highest BCUT2D eigenvalue weighted by Gasteiger charge is 2.29. The molecule has 1 N–H and O–H groups in total. The fourth-order valence-corrected chi connectivity index (χ4v) is 2.14. The number of halogens is 3. The number of amides is 1. The molecule has 25 heavy (non-hydrogen) atoms.